The van der Waals surface area contributed by atoms with Crippen molar-refractivity contribution in [2.24, 2.45) is 11.8 Å². The minimum absolute atomic E-state index is 0.0805. The maximum atomic E-state index is 12.3. The minimum Gasteiger partial charge on any atom is -0.397 e. The van der Waals surface area contributed by atoms with Crippen molar-refractivity contribution in [3.8, 4) is 0 Å². The Balaban J connectivity index is 2.23. The summed E-state index contributed by atoms with van der Waals surface area (Å²) in [7, 11) is 0. The molecule has 3 nitrogen and oxygen atoms in total. The molecule has 1 amide bonds. The molecular formula is C15H19BrN2OS. The Kier molecular flexibility index (Phi) is 4.70. The number of thiophene rings is 1. The summed E-state index contributed by atoms with van der Waals surface area (Å²) >= 11 is 4.93. The highest BCUT2D eigenvalue weighted by atomic mass is 79.9. The second kappa shape index (κ2) is 6.14. The molecule has 0 aliphatic carbocycles. The van der Waals surface area contributed by atoms with E-state index in [-0.39, 0.29) is 5.91 Å². The third kappa shape index (κ3) is 2.99. The predicted molar refractivity (Wildman–Crippen MR) is 90.3 cm³/mol. The first-order valence-electron chi connectivity index (χ1n) is 6.66. The highest BCUT2D eigenvalue weighted by molar-refractivity contribution is 9.10. The van der Waals surface area contributed by atoms with Gasteiger partial charge in [0, 0.05) is 21.1 Å². The molecule has 0 saturated heterocycles. The summed E-state index contributed by atoms with van der Waals surface area (Å²) in [5.74, 6) is 0.911. The van der Waals surface area contributed by atoms with Crippen molar-refractivity contribution in [3.63, 3.8) is 0 Å². The second-order valence-electron chi connectivity index (χ2n) is 5.39. The number of rotatable bonds is 4. The van der Waals surface area contributed by atoms with E-state index < -0.39 is 0 Å². The average molecular weight is 355 g/mol. The fourth-order valence-corrected chi connectivity index (χ4v) is 3.64. The molecule has 3 N–H and O–H groups in total. The first kappa shape index (κ1) is 15.3. The molecule has 0 saturated carbocycles. The summed E-state index contributed by atoms with van der Waals surface area (Å²) in [5, 5.41) is 3.91. The number of halogens is 1. The maximum absolute atomic E-state index is 12.3. The van der Waals surface area contributed by atoms with Crippen LogP contribution in [0.25, 0.3) is 10.1 Å². The van der Waals surface area contributed by atoms with Crippen LogP contribution in [0.15, 0.2) is 22.7 Å². The van der Waals surface area contributed by atoms with Gasteiger partial charge in [-0.1, -0.05) is 42.8 Å². The minimum atomic E-state index is -0.0805. The predicted octanol–water partition coefficient (Wildman–Crippen LogP) is 4.27. The number of hydrogen-bond donors (Lipinski definition) is 2. The fraction of sp³-hybridized carbons (Fsp3) is 0.400. The van der Waals surface area contributed by atoms with Gasteiger partial charge < -0.3 is 11.1 Å². The van der Waals surface area contributed by atoms with Gasteiger partial charge in [0.2, 0.25) is 0 Å². The summed E-state index contributed by atoms with van der Waals surface area (Å²) in [6.07, 6.45) is 0. The van der Waals surface area contributed by atoms with Crippen molar-refractivity contribution in [2.75, 3.05) is 12.3 Å². The fourth-order valence-electron chi connectivity index (χ4n) is 1.87. The molecule has 108 valence electrons. The smallest absolute Gasteiger partial charge is 0.263 e. The van der Waals surface area contributed by atoms with Crippen LogP contribution in [-0.4, -0.2) is 12.5 Å². The lowest BCUT2D eigenvalue weighted by Crippen LogP contribution is -2.30. The molecule has 0 spiro atoms. The number of nitrogens with one attached hydrogen (secondary N) is 1. The lowest BCUT2D eigenvalue weighted by molar-refractivity contribution is 0.0950. The van der Waals surface area contributed by atoms with Gasteiger partial charge in [-0.3, -0.25) is 4.79 Å². The lowest BCUT2D eigenvalue weighted by Gasteiger charge is -2.15. The molecule has 1 heterocycles. The van der Waals surface area contributed by atoms with Crippen molar-refractivity contribution in [1.82, 2.24) is 5.32 Å². The Bertz CT molecular complexity index is 636. The van der Waals surface area contributed by atoms with Gasteiger partial charge in [0.05, 0.1) is 5.69 Å². The van der Waals surface area contributed by atoms with Gasteiger partial charge in [-0.2, -0.15) is 0 Å². The van der Waals surface area contributed by atoms with Crippen molar-refractivity contribution in [2.45, 2.75) is 20.8 Å². The maximum Gasteiger partial charge on any atom is 0.263 e. The zero-order chi connectivity index (χ0) is 14.9. The van der Waals surface area contributed by atoms with Gasteiger partial charge in [0.1, 0.15) is 4.88 Å². The van der Waals surface area contributed by atoms with E-state index in [0.29, 0.717) is 28.9 Å². The number of fused-ring (bicyclic) bond motifs is 1. The van der Waals surface area contributed by atoms with Gasteiger partial charge in [-0.15, -0.1) is 11.3 Å². The van der Waals surface area contributed by atoms with Crippen LogP contribution in [-0.2, 0) is 0 Å². The van der Waals surface area contributed by atoms with E-state index in [1.807, 2.05) is 18.2 Å². The number of hydrogen-bond acceptors (Lipinski definition) is 3. The Morgan fingerprint density at radius 2 is 2.10 bits per heavy atom. The molecule has 2 aromatic rings. The summed E-state index contributed by atoms with van der Waals surface area (Å²) in [4.78, 5) is 12.9. The Labute approximate surface area is 131 Å². The monoisotopic (exact) mass is 354 g/mol. The third-order valence-corrected chi connectivity index (χ3v) is 5.46. The molecule has 0 radical (unpaired) electrons. The molecule has 1 atom stereocenters. The van der Waals surface area contributed by atoms with Crippen LogP contribution < -0.4 is 11.1 Å². The van der Waals surface area contributed by atoms with Crippen molar-refractivity contribution in [1.29, 1.82) is 0 Å². The molecular weight excluding hydrogens is 336 g/mol. The van der Waals surface area contributed by atoms with E-state index in [1.54, 1.807) is 0 Å². The normalized spacial score (nSPS) is 12.8. The van der Waals surface area contributed by atoms with Gasteiger partial charge in [0.25, 0.3) is 5.91 Å². The highest BCUT2D eigenvalue weighted by Crippen LogP contribution is 2.38. The van der Waals surface area contributed by atoms with Gasteiger partial charge in [-0.25, -0.2) is 0 Å². The number of amides is 1. The highest BCUT2D eigenvalue weighted by Gasteiger charge is 2.18. The van der Waals surface area contributed by atoms with Crippen molar-refractivity contribution < 1.29 is 4.79 Å². The topological polar surface area (TPSA) is 55.1 Å². The number of carbonyl (C=O) groups is 1. The van der Waals surface area contributed by atoms with Crippen LogP contribution in [0.2, 0.25) is 0 Å². The largest absolute Gasteiger partial charge is 0.397 e. The Morgan fingerprint density at radius 1 is 1.40 bits per heavy atom. The van der Waals surface area contributed by atoms with E-state index in [9.17, 15) is 4.79 Å². The van der Waals surface area contributed by atoms with Crippen LogP contribution in [0.5, 0.6) is 0 Å². The number of nitrogen functional groups attached to an aromatic ring is 1. The van der Waals surface area contributed by atoms with Crippen LogP contribution in [0.1, 0.15) is 30.4 Å². The SMILES string of the molecule is CC(C)C(C)CNC(=O)c1sc2cccc(Br)c2c1N. The Hall–Kier alpha value is -1.07. The summed E-state index contributed by atoms with van der Waals surface area (Å²) < 4.78 is 1.96. The molecule has 0 aliphatic rings. The van der Waals surface area contributed by atoms with Gasteiger partial charge in [-0.05, 0) is 24.0 Å². The first-order chi connectivity index (χ1) is 9.41. The summed E-state index contributed by atoms with van der Waals surface area (Å²) in [6, 6.07) is 5.87. The van der Waals surface area contributed by atoms with E-state index in [4.69, 9.17) is 5.73 Å². The average Bonchev–Trinajstić information content (AvgIpc) is 2.74. The number of nitrogens with two attached hydrogens (primary N) is 1. The zero-order valence-corrected chi connectivity index (χ0v) is 14.3. The molecule has 0 aliphatic heterocycles. The molecule has 0 bridgehead atoms. The molecule has 5 heteroatoms. The summed E-state index contributed by atoms with van der Waals surface area (Å²) in [6.45, 7) is 7.12. The van der Waals surface area contributed by atoms with E-state index in [2.05, 4.69) is 42.0 Å². The van der Waals surface area contributed by atoms with Gasteiger partial charge in [0.15, 0.2) is 0 Å². The zero-order valence-electron chi connectivity index (χ0n) is 11.9. The van der Waals surface area contributed by atoms with Crippen LogP contribution in [0.3, 0.4) is 0 Å². The second-order valence-corrected chi connectivity index (χ2v) is 7.30. The Morgan fingerprint density at radius 3 is 2.70 bits per heavy atom. The van der Waals surface area contributed by atoms with Crippen molar-refractivity contribution >= 4 is 48.9 Å². The van der Waals surface area contributed by atoms with E-state index >= 15 is 0 Å². The molecule has 20 heavy (non-hydrogen) atoms. The molecule has 2 rings (SSSR count). The number of benzene rings is 1. The standard InChI is InChI=1S/C15H19BrN2OS/c1-8(2)9(3)7-18-15(19)14-13(17)12-10(16)5-4-6-11(12)20-14/h4-6,8-9H,7,17H2,1-3H3,(H,18,19). The lowest BCUT2D eigenvalue weighted by atomic mass is 9.98. The quantitative estimate of drug-likeness (QED) is 0.861. The van der Waals surface area contributed by atoms with E-state index in [1.165, 1.54) is 11.3 Å². The summed E-state index contributed by atoms with van der Waals surface area (Å²) in [5.41, 5.74) is 6.69. The molecule has 1 unspecified atom stereocenters. The van der Waals surface area contributed by atoms with Crippen molar-refractivity contribution in [3.05, 3.63) is 27.5 Å². The molecule has 1 aromatic carbocycles. The van der Waals surface area contributed by atoms with E-state index in [0.717, 1.165) is 14.6 Å². The third-order valence-electron chi connectivity index (χ3n) is 3.63. The number of carbonyl (C=O) groups excluding carboxylic acids is 1. The molecule has 1 aromatic heterocycles. The molecule has 0 fully saturated rings. The first-order valence-corrected chi connectivity index (χ1v) is 8.27. The number of anilines is 1. The van der Waals surface area contributed by atoms with Crippen LogP contribution >= 0.6 is 27.3 Å². The van der Waals surface area contributed by atoms with Crippen LogP contribution in [0, 0.1) is 11.8 Å². The van der Waals surface area contributed by atoms with Crippen LogP contribution in [0.4, 0.5) is 5.69 Å². The van der Waals surface area contributed by atoms with Gasteiger partial charge >= 0.3 is 0 Å².